The quantitative estimate of drug-likeness (QED) is 0.486. The van der Waals surface area contributed by atoms with Crippen LogP contribution in [0.4, 0.5) is 5.69 Å². The summed E-state index contributed by atoms with van der Waals surface area (Å²) >= 11 is 1.35. The van der Waals surface area contributed by atoms with Crippen LogP contribution in [0.1, 0.15) is 5.69 Å². The van der Waals surface area contributed by atoms with Gasteiger partial charge in [-0.3, -0.25) is 14.3 Å². The summed E-state index contributed by atoms with van der Waals surface area (Å²) in [5, 5.41) is 12.3. The molecule has 0 aliphatic rings. The van der Waals surface area contributed by atoms with Crippen LogP contribution in [0.15, 0.2) is 84.1 Å². The maximum absolute atomic E-state index is 12.4. The number of amides is 1. The number of aryl methyl sites for hydroxylation is 1. The molecule has 0 bridgehead atoms. The van der Waals surface area contributed by atoms with Crippen LogP contribution >= 0.6 is 11.8 Å². The van der Waals surface area contributed by atoms with Gasteiger partial charge in [-0.2, -0.15) is 0 Å². The van der Waals surface area contributed by atoms with Crippen LogP contribution in [0.5, 0.6) is 0 Å². The maximum atomic E-state index is 12.4. The summed E-state index contributed by atoms with van der Waals surface area (Å²) in [6, 6.07) is 23.4. The highest BCUT2D eigenvalue weighted by Crippen LogP contribution is 2.27. The van der Waals surface area contributed by atoms with Crippen molar-refractivity contribution in [2.75, 3.05) is 11.1 Å². The van der Waals surface area contributed by atoms with Crippen LogP contribution in [0.2, 0.25) is 0 Å². The van der Waals surface area contributed by atoms with Gasteiger partial charge in [0.25, 0.3) is 0 Å². The Morgan fingerprint density at radius 3 is 2.45 bits per heavy atom. The lowest BCUT2D eigenvalue weighted by molar-refractivity contribution is -0.113. The van der Waals surface area contributed by atoms with E-state index in [-0.39, 0.29) is 11.7 Å². The monoisotopic (exact) mass is 401 g/mol. The van der Waals surface area contributed by atoms with Crippen LogP contribution < -0.4 is 5.32 Å². The number of para-hydroxylation sites is 1. The van der Waals surface area contributed by atoms with Crippen molar-refractivity contribution in [3.8, 4) is 17.1 Å². The van der Waals surface area contributed by atoms with E-state index in [1.165, 1.54) is 11.8 Å². The summed E-state index contributed by atoms with van der Waals surface area (Å²) in [7, 11) is 0. The van der Waals surface area contributed by atoms with E-state index in [9.17, 15) is 4.79 Å². The molecule has 0 atom stereocenters. The lowest BCUT2D eigenvalue weighted by Crippen LogP contribution is -2.14. The summed E-state index contributed by atoms with van der Waals surface area (Å²) in [5.41, 5.74) is 3.50. The van der Waals surface area contributed by atoms with Gasteiger partial charge in [-0.25, -0.2) is 0 Å². The molecule has 0 saturated heterocycles. The highest BCUT2D eigenvalue weighted by molar-refractivity contribution is 7.99. The van der Waals surface area contributed by atoms with Gasteiger partial charge in [0.2, 0.25) is 5.91 Å². The molecule has 4 rings (SSSR count). The molecule has 2 heterocycles. The summed E-state index contributed by atoms with van der Waals surface area (Å²) in [6.07, 6.45) is 1.68. The third-order valence-electron chi connectivity index (χ3n) is 4.19. The number of thioether (sulfide) groups is 1. The second-order valence-corrected chi connectivity index (χ2v) is 7.31. The molecule has 7 heteroatoms. The molecule has 0 fully saturated rings. The molecule has 4 aromatic rings. The standard InChI is InChI=1S/C22H19N5OS/c1-16-14-18(12-13-23-16)24-20(28)15-29-22-26-25-21(17-8-4-2-5-9-17)27(22)19-10-6-3-7-11-19/h2-14H,15H2,1H3,(H,23,24,28). The summed E-state index contributed by atoms with van der Waals surface area (Å²) < 4.78 is 1.98. The van der Waals surface area contributed by atoms with Crippen LogP contribution in [0, 0.1) is 6.92 Å². The number of carbonyl (C=O) groups excluding carboxylic acids is 1. The molecule has 0 saturated carbocycles. The third-order valence-corrected chi connectivity index (χ3v) is 5.12. The van der Waals surface area contributed by atoms with Crippen molar-refractivity contribution in [3.05, 3.63) is 84.7 Å². The molecule has 2 aromatic heterocycles. The lowest BCUT2D eigenvalue weighted by Gasteiger charge is -2.10. The number of hydrogen-bond donors (Lipinski definition) is 1. The Balaban J connectivity index is 1.57. The smallest absolute Gasteiger partial charge is 0.234 e. The van der Waals surface area contributed by atoms with E-state index in [0.29, 0.717) is 5.16 Å². The number of rotatable bonds is 6. The van der Waals surface area contributed by atoms with E-state index < -0.39 is 0 Å². The number of nitrogens with zero attached hydrogens (tertiary/aromatic N) is 4. The van der Waals surface area contributed by atoms with Crippen LogP contribution in [-0.4, -0.2) is 31.4 Å². The molecule has 1 N–H and O–H groups in total. The summed E-state index contributed by atoms with van der Waals surface area (Å²) in [4.78, 5) is 16.6. The van der Waals surface area contributed by atoms with Gasteiger partial charge in [0, 0.05) is 28.8 Å². The first-order chi connectivity index (χ1) is 14.2. The highest BCUT2D eigenvalue weighted by atomic mass is 32.2. The van der Waals surface area contributed by atoms with Crippen LogP contribution in [0.25, 0.3) is 17.1 Å². The number of benzene rings is 2. The van der Waals surface area contributed by atoms with Gasteiger partial charge in [0.1, 0.15) is 0 Å². The number of anilines is 1. The van der Waals surface area contributed by atoms with Crippen molar-refractivity contribution >= 4 is 23.4 Å². The Hall–Kier alpha value is -3.45. The van der Waals surface area contributed by atoms with Crippen molar-refractivity contribution in [2.24, 2.45) is 0 Å². The van der Waals surface area contributed by atoms with Crippen molar-refractivity contribution < 1.29 is 4.79 Å². The molecule has 0 unspecified atom stereocenters. The Bertz CT molecular complexity index is 1110. The van der Waals surface area contributed by atoms with Crippen LogP contribution in [0.3, 0.4) is 0 Å². The molecule has 29 heavy (non-hydrogen) atoms. The number of hydrogen-bond acceptors (Lipinski definition) is 5. The largest absolute Gasteiger partial charge is 0.325 e. The fourth-order valence-corrected chi connectivity index (χ4v) is 3.65. The SMILES string of the molecule is Cc1cc(NC(=O)CSc2nnc(-c3ccccc3)n2-c2ccccc2)ccn1. The molecule has 1 amide bonds. The zero-order valence-corrected chi connectivity index (χ0v) is 16.6. The van der Waals surface area contributed by atoms with Crippen molar-refractivity contribution in [3.63, 3.8) is 0 Å². The fraction of sp³-hybridized carbons (Fsp3) is 0.0909. The number of nitrogens with one attached hydrogen (secondary N) is 1. The fourth-order valence-electron chi connectivity index (χ4n) is 2.90. The molecule has 0 radical (unpaired) electrons. The normalized spacial score (nSPS) is 10.7. The summed E-state index contributed by atoms with van der Waals surface area (Å²) in [5.74, 6) is 0.857. The van der Waals surface area contributed by atoms with E-state index in [0.717, 1.165) is 28.5 Å². The topological polar surface area (TPSA) is 72.7 Å². The third kappa shape index (κ3) is 4.52. The van der Waals surface area contributed by atoms with E-state index in [1.807, 2.05) is 78.2 Å². The highest BCUT2D eigenvalue weighted by Gasteiger charge is 2.17. The van der Waals surface area contributed by atoms with Gasteiger partial charge < -0.3 is 5.32 Å². The molecule has 0 aliphatic heterocycles. The van der Waals surface area contributed by atoms with E-state index in [1.54, 1.807) is 12.3 Å². The molecule has 6 nitrogen and oxygen atoms in total. The Morgan fingerprint density at radius 2 is 1.72 bits per heavy atom. The second-order valence-electron chi connectivity index (χ2n) is 6.37. The van der Waals surface area contributed by atoms with Gasteiger partial charge in [0.05, 0.1) is 5.75 Å². The Morgan fingerprint density at radius 1 is 1.00 bits per heavy atom. The average molecular weight is 401 g/mol. The molecular weight excluding hydrogens is 382 g/mol. The number of aromatic nitrogens is 4. The van der Waals surface area contributed by atoms with Gasteiger partial charge in [-0.15, -0.1) is 10.2 Å². The lowest BCUT2D eigenvalue weighted by atomic mass is 10.2. The van der Waals surface area contributed by atoms with Crippen molar-refractivity contribution in [2.45, 2.75) is 12.1 Å². The molecule has 0 spiro atoms. The Labute approximate surface area is 173 Å². The minimum absolute atomic E-state index is 0.107. The average Bonchev–Trinajstić information content (AvgIpc) is 3.17. The molecule has 0 aliphatic carbocycles. The van der Waals surface area contributed by atoms with Gasteiger partial charge in [-0.1, -0.05) is 60.3 Å². The summed E-state index contributed by atoms with van der Waals surface area (Å²) in [6.45, 7) is 1.89. The maximum Gasteiger partial charge on any atom is 0.234 e. The predicted octanol–water partition coefficient (Wildman–Crippen LogP) is 4.37. The number of carbonyl (C=O) groups is 1. The first-order valence-electron chi connectivity index (χ1n) is 9.12. The zero-order chi connectivity index (χ0) is 20.1. The minimum atomic E-state index is -0.107. The van der Waals surface area contributed by atoms with E-state index >= 15 is 0 Å². The van der Waals surface area contributed by atoms with Gasteiger partial charge in [-0.05, 0) is 31.2 Å². The minimum Gasteiger partial charge on any atom is -0.325 e. The zero-order valence-electron chi connectivity index (χ0n) is 15.8. The predicted molar refractivity (Wildman–Crippen MR) is 115 cm³/mol. The van der Waals surface area contributed by atoms with Gasteiger partial charge >= 0.3 is 0 Å². The van der Waals surface area contributed by atoms with E-state index in [4.69, 9.17) is 0 Å². The van der Waals surface area contributed by atoms with E-state index in [2.05, 4.69) is 20.5 Å². The first-order valence-corrected chi connectivity index (χ1v) is 10.1. The second kappa shape index (κ2) is 8.70. The Kier molecular flexibility index (Phi) is 5.67. The van der Waals surface area contributed by atoms with Crippen molar-refractivity contribution in [1.82, 2.24) is 19.7 Å². The molecular formula is C22H19N5OS. The van der Waals surface area contributed by atoms with Gasteiger partial charge in [0.15, 0.2) is 11.0 Å². The number of pyridine rings is 1. The first kappa shape index (κ1) is 18.9. The van der Waals surface area contributed by atoms with Crippen LogP contribution in [-0.2, 0) is 4.79 Å². The van der Waals surface area contributed by atoms with Crippen molar-refractivity contribution in [1.29, 1.82) is 0 Å². The molecule has 2 aromatic carbocycles. The molecule has 144 valence electrons.